The molecule has 0 saturated heterocycles. The van der Waals surface area contributed by atoms with Crippen LogP contribution in [0.2, 0.25) is 0 Å². The van der Waals surface area contributed by atoms with Gasteiger partial charge in [0.2, 0.25) is 0 Å². The molecule has 1 aromatic heterocycles. The van der Waals surface area contributed by atoms with E-state index >= 15 is 0 Å². The Balaban J connectivity index is 2.18. The maximum absolute atomic E-state index is 9.52. The number of pyridine rings is 1. The van der Waals surface area contributed by atoms with Crippen LogP contribution in [0, 0.1) is 6.92 Å². The van der Waals surface area contributed by atoms with Crippen molar-refractivity contribution in [1.29, 1.82) is 0 Å². The molecule has 1 heterocycles. The van der Waals surface area contributed by atoms with E-state index in [9.17, 15) is 5.11 Å². The second-order valence-corrected chi connectivity index (χ2v) is 4.41. The molecule has 0 aliphatic carbocycles. The second-order valence-electron chi connectivity index (χ2n) is 4.41. The van der Waals surface area contributed by atoms with E-state index in [4.69, 9.17) is 0 Å². The molecule has 0 atom stereocenters. The lowest BCUT2D eigenvalue weighted by Gasteiger charge is -2.05. The largest absolute Gasteiger partial charge is 0.508 e. The van der Waals surface area contributed by atoms with Gasteiger partial charge in [-0.3, -0.25) is 4.98 Å². The Bertz CT molecular complexity index is 719. The van der Waals surface area contributed by atoms with E-state index in [1.54, 1.807) is 12.1 Å². The minimum absolute atomic E-state index is 0.282. The lowest BCUT2D eigenvalue weighted by atomic mass is 10.0. The van der Waals surface area contributed by atoms with Gasteiger partial charge in [-0.1, -0.05) is 30.3 Å². The topological polar surface area (TPSA) is 33.1 Å². The Hall–Kier alpha value is -2.35. The van der Waals surface area contributed by atoms with E-state index in [-0.39, 0.29) is 5.75 Å². The summed E-state index contributed by atoms with van der Waals surface area (Å²) in [6.45, 7) is 1.99. The predicted molar refractivity (Wildman–Crippen MR) is 73.6 cm³/mol. The standard InChI is InChI=1S/C16H13NO/c1-11-5-6-12-7-8-14(10-16(12)17-11)13-3-2-4-15(18)9-13/h2-10,18H,1H3. The van der Waals surface area contributed by atoms with Gasteiger partial charge in [0.05, 0.1) is 5.52 Å². The Labute approximate surface area is 106 Å². The van der Waals surface area contributed by atoms with Crippen molar-refractivity contribution in [3.63, 3.8) is 0 Å². The van der Waals surface area contributed by atoms with Gasteiger partial charge in [-0.2, -0.15) is 0 Å². The minimum Gasteiger partial charge on any atom is -0.508 e. The van der Waals surface area contributed by atoms with Crippen molar-refractivity contribution in [1.82, 2.24) is 4.98 Å². The Kier molecular flexibility index (Phi) is 2.49. The van der Waals surface area contributed by atoms with E-state index < -0.39 is 0 Å². The maximum atomic E-state index is 9.52. The predicted octanol–water partition coefficient (Wildman–Crippen LogP) is 3.92. The first kappa shape index (κ1) is 10.8. The van der Waals surface area contributed by atoms with Crippen LogP contribution in [-0.4, -0.2) is 10.1 Å². The first-order valence-electron chi connectivity index (χ1n) is 5.89. The number of rotatable bonds is 1. The summed E-state index contributed by atoms with van der Waals surface area (Å²) in [7, 11) is 0. The van der Waals surface area contributed by atoms with Crippen molar-refractivity contribution in [2.45, 2.75) is 6.92 Å². The first-order chi connectivity index (χ1) is 8.72. The molecular formula is C16H13NO. The van der Waals surface area contributed by atoms with E-state index in [2.05, 4.69) is 23.2 Å². The fourth-order valence-electron chi connectivity index (χ4n) is 2.08. The fraction of sp³-hybridized carbons (Fsp3) is 0.0625. The summed E-state index contributed by atoms with van der Waals surface area (Å²) in [6.07, 6.45) is 0. The van der Waals surface area contributed by atoms with Gasteiger partial charge in [-0.15, -0.1) is 0 Å². The molecule has 0 saturated carbocycles. The molecule has 0 amide bonds. The van der Waals surface area contributed by atoms with Crippen LogP contribution in [0.3, 0.4) is 0 Å². The van der Waals surface area contributed by atoms with E-state index in [0.29, 0.717) is 0 Å². The monoisotopic (exact) mass is 235 g/mol. The highest BCUT2D eigenvalue weighted by Gasteiger charge is 2.01. The number of aromatic nitrogens is 1. The molecular weight excluding hydrogens is 222 g/mol. The van der Waals surface area contributed by atoms with Crippen molar-refractivity contribution >= 4 is 10.9 Å². The van der Waals surface area contributed by atoms with Gasteiger partial charge >= 0.3 is 0 Å². The third-order valence-corrected chi connectivity index (χ3v) is 3.01. The normalized spacial score (nSPS) is 10.7. The highest BCUT2D eigenvalue weighted by atomic mass is 16.3. The number of phenols is 1. The Morgan fingerprint density at radius 1 is 0.889 bits per heavy atom. The fourth-order valence-corrected chi connectivity index (χ4v) is 2.08. The average molecular weight is 235 g/mol. The SMILES string of the molecule is Cc1ccc2ccc(-c3cccc(O)c3)cc2n1. The first-order valence-corrected chi connectivity index (χ1v) is 5.89. The van der Waals surface area contributed by atoms with Crippen LogP contribution in [0.25, 0.3) is 22.0 Å². The molecule has 0 aliphatic rings. The molecule has 0 fully saturated rings. The molecule has 3 rings (SSSR count). The maximum Gasteiger partial charge on any atom is 0.116 e. The number of phenolic OH excluding ortho intramolecular Hbond substituents is 1. The summed E-state index contributed by atoms with van der Waals surface area (Å²) >= 11 is 0. The van der Waals surface area contributed by atoms with Gasteiger partial charge in [0.25, 0.3) is 0 Å². The number of hydrogen-bond acceptors (Lipinski definition) is 2. The van der Waals surface area contributed by atoms with E-state index in [0.717, 1.165) is 27.7 Å². The number of hydrogen-bond donors (Lipinski definition) is 1. The zero-order valence-electron chi connectivity index (χ0n) is 10.1. The van der Waals surface area contributed by atoms with Crippen LogP contribution in [0.15, 0.2) is 54.6 Å². The molecule has 1 N–H and O–H groups in total. The molecule has 88 valence electrons. The highest BCUT2D eigenvalue weighted by molar-refractivity contribution is 5.84. The molecule has 2 heteroatoms. The van der Waals surface area contributed by atoms with Gasteiger partial charge in [-0.05, 0) is 42.3 Å². The summed E-state index contributed by atoms with van der Waals surface area (Å²) in [6, 6.07) is 17.5. The molecule has 0 radical (unpaired) electrons. The third kappa shape index (κ3) is 1.93. The minimum atomic E-state index is 0.282. The van der Waals surface area contributed by atoms with Crippen molar-refractivity contribution in [2.75, 3.05) is 0 Å². The van der Waals surface area contributed by atoms with Crippen LogP contribution in [0.4, 0.5) is 0 Å². The van der Waals surface area contributed by atoms with Gasteiger partial charge in [0.15, 0.2) is 0 Å². The third-order valence-electron chi connectivity index (χ3n) is 3.01. The molecule has 0 spiro atoms. The Morgan fingerprint density at radius 3 is 2.50 bits per heavy atom. The molecule has 0 unspecified atom stereocenters. The van der Waals surface area contributed by atoms with Crippen molar-refractivity contribution in [3.05, 3.63) is 60.3 Å². The number of fused-ring (bicyclic) bond motifs is 1. The molecule has 0 bridgehead atoms. The zero-order valence-corrected chi connectivity index (χ0v) is 10.1. The molecule has 0 aliphatic heterocycles. The van der Waals surface area contributed by atoms with Crippen LogP contribution < -0.4 is 0 Å². The van der Waals surface area contributed by atoms with Gasteiger partial charge in [-0.25, -0.2) is 0 Å². The number of nitrogens with zero attached hydrogens (tertiary/aromatic N) is 1. The number of aromatic hydroxyl groups is 1. The summed E-state index contributed by atoms with van der Waals surface area (Å²) in [5.41, 5.74) is 4.06. The zero-order chi connectivity index (χ0) is 12.5. The summed E-state index contributed by atoms with van der Waals surface area (Å²) in [4.78, 5) is 4.52. The molecule has 18 heavy (non-hydrogen) atoms. The van der Waals surface area contributed by atoms with Crippen LogP contribution >= 0.6 is 0 Å². The smallest absolute Gasteiger partial charge is 0.116 e. The van der Waals surface area contributed by atoms with Crippen LogP contribution in [-0.2, 0) is 0 Å². The van der Waals surface area contributed by atoms with Crippen molar-refractivity contribution in [2.24, 2.45) is 0 Å². The summed E-state index contributed by atoms with van der Waals surface area (Å²) in [5.74, 6) is 0.282. The second kappa shape index (κ2) is 4.15. The molecule has 2 aromatic carbocycles. The summed E-state index contributed by atoms with van der Waals surface area (Å²) in [5, 5.41) is 10.6. The quantitative estimate of drug-likeness (QED) is 0.693. The van der Waals surface area contributed by atoms with Gasteiger partial charge in [0.1, 0.15) is 5.75 Å². The number of benzene rings is 2. The molecule has 3 aromatic rings. The molecule has 2 nitrogen and oxygen atoms in total. The summed E-state index contributed by atoms with van der Waals surface area (Å²) < 4.78 is 0. The lowest BCUT2D eigenvalue weighted by Crippen LogP contribution is -1.84. The average Bonchev–Trinajstić information content (AvgIpc) is 2.38. The van der Waals surface area contributed by atoms with E-state index in [1.165, 1.54) is 0 Å². The highest BCUT2D eigenvalue weighted by Crippen LogP contribution is 2.26. The Morgan fingerprint density at radius 2 is 1.67 bits per heavy atom. The van der Waals surface area contributed by atoms with Crippen LogP contribution in [0.1, 0.15) is 5.69 Å². The lowest BCUT2D eigenvalue weighted by molar-refractivity contribution is 0.475. The van der Waals surface area contributed by atoms with Crippen molar-refractivity contribution < 1.29 is 5.11 Å². The van der Waals surface area contributed by atoms with Gasteiger partial charge in [0, 0.05) is 11.1 Å². The van der Waals surface area contributed by atoms with Crippen molar-refractivity contribution in [3.8, 4) is 16.9 Å². The van der Waals surface area contributed by atoms with Crippen LogP contribution in [0.5, 0.6) is 5.75 Å². The number of aryl methyl sites for hydroxylation is 1. The van der Waals surface area contributed by atoms with Gasteiger partial charge < -0.3 is 5.11 Å². The van der Waals surface area contributed by atoms with E-state index in [1.807, 2.05) is 31.2 Å².